The van der Waals surface area contributed by atoms with E-state index in [1.807, 2.05) is 22.6 Å². The lowest BCUT2D eigenvalue weighted by atomic mass is 10.1. The molecule has 0 aromatic carbocycles. The van der Waals surface area contributed by atoms with Crippen molar-refractivity contribution in [3.05, 3.63) is 12.2 Å². The fourth-order valence-electron chi connectivity index (χ4n) is 0.570. The predicted molar refractivity (Wildman–Crippen MR) is 51.7 cm³/mol. The third-order valence-corrected chi connectivity index (χ3v) is 2.15. The van der Waals surface area contributed by atoms with Crippen LogP contribution in [0.3, 0.4) is 0 Å². The number of halogens is 1. The van der Waals surface area contributed by atoms with Crippen molar-refractivity contribution in [2.24, 2.45) is 0 Å². The van der Waals surface area contributed by atoms with Crippen LogP contribution in [0.1, 0.15) is 6.42 Å². The molecule has 0 fully saturated rings. The summed E-state index contributed by atoms with van der Waals surface area (Å²) in [5.41, 5.74) is 0. The molecule has 3 nitrogen and oxygen atoms in total. The van der Waals surface area contributed by atoms with Crippen LogP contribution >= 0.6 is 22.6 Å². The first-order chi connectivity index (χ1) is 5.22. The lowest BCUT2D eigenvalue weighted by Crippen LogP contribution is -2.26. The van der Waals surface area contributed by atoms with E-state index in [2.05, 4.69) is 0 Å². The van der Waals surface area contributed by atoms with Gasteiger partial charge in [-0.25, -0.2) is 0 Å². The Balaban J connectivity index is 3.50. The highest BCUT2D eigenvalue weighted by Gasteiger charge is 2.11. The summed E-state index contributed by atoms with van der Waals surface area (Å²) in [5.74, 6) is 0. The average Bonchev–Trinajstić information content (AvgIpc) is 2.03. The monoisotopic (exact) mass is 272 g/mol. The highest BCUT2D eigenvalue weighted by Crippen LogP contribution is 2.02. The molecule has 0 aromatic rings. The minimum absolute atomic E-state index is 0.0208. The normalized spacial score (nSPS) is 17.1. The highest BCUT2D eigenvalue weighted by molar-refractivity contribution is 14.1. The van der Waals surface area contributed by atoms with Crippen molar-refractivity contribution < 1.29 is 15.3 Å². The van der Waals surface area contributed by atoms with Crippen LogP contribution in [-0.4, -0.2) is 38.6 Å². The van der Waals surface area contributed by atoms with Crippen molar-refractivity contribution in [2.45, 2.75) is 18.6 Å². The molecule has 0 aromatic heterocycles. The molecule has 4 heteroatoms. The minimum Gasteiger partial charge on any atom is -0.392 e. The first-order valence-electron chi connectivity index (χ1n) is 3.40. The maximum Gasteiger partial charge on any atom is 0.0891 e. The first kappa shape index (κ1) is 11.4. The lowest BCUT2D eigenvalue weighted by molar-refractivity contribution is 0.0383. The minimum atomic E-state index is -0.713. The van der Waals surface area contributed by atoms with Gasteiger partial charge in [0.2, 0.25) is 0 Å². The Hall–Kier alpha value is 0.350. The van der Waals surface area contributed by atoms with E-state index in [4.69, 9.17) is 15.3 Å². The van der Waals surface area contributed by atoms with Gasteiger partial charge in [-0.15, -0.1) is 0 Å². The largest absolute Gasteiger partial charge is 0.392 e. The summed E-state index contributed by atoms with van der Waals surface area (Å²) >= 11 is 2.01. The van der Waals surface area contributed by atoms with Crippen LogP contribution in [0.25, 0.3) is 0 Å². The van der Waals surface area contributed by atoms with Crippen LogP contribution in [0.5, 0.6) is 0 Å². The molecule has 0 spiro atoms. The van der Waals surface area contributed by atoms with Crippen LogP contribution in [0.4, 0.5) is 0 Å². The van der Waals surface area contributed by atoms with E-state index in [0.717, 1.165) is 0 Å². The average molecular weight is 272 g/mol. The molecule has 66 valence electrons. The highest BCUT2D eigenvalue weighted by atomic mass is 127. The summed E-state index contributed by atoms with van der Waals surface area (Å²) in [5, 5.41) is 26.6. The van der Waals surface area contributed by atoms with Crippen LogP contribution in [0, 0.1) is 0 Å². The molecule has 2 atom stereocenters. The maximum atomic E-state index is 9.16. The molecule has 0 aliphatic rings. The van der Waals surface area contributed by atoms with Crippen molar-refractivity contribution in [3.63, 3.8) is 0 Å². The van der Waals surface area contributed by atoms with Crippen LogP contribution in [0.15, 0.2) is 12.2 Å². The maximum absolute atomic E-state index is 9.16. The quantitative estimate of drug-likeness (QED) is 0.377. The van der Waals surface area contributed by atoms with E-state index in [-0.39, 0.29) is 6.61 Å². The predicted octanol–water partition coefficient (Wildman–Crippen LogP) is 0.0818. The zero-order valence-corrected chi connectivity index (χ0v) is 8.31. The van der Waals surface area contributed by atoms with Crippen LogP contribution < -0.4 is 0 Å². The number of rotatable bonds is 5. The summed E-state index contributed by atoms with van der Waals surface area (Å²) in [6, 6.07) is 0. The molecule has 0 saturated carbocycles. The Bertz CT molecular complexity index is 116. The summed E-state index contributed by atoms with van der Waals surface area (Å²) < 4.78 is 0.520. The molecule has 0 unspecified atom stereocenters. The van der Waals surface area contributed by atoms with Crippen LogP contribution in [-0.2, 0) is 0 Å². The smallest absolute Gasteiger partial charge is 0.0891 e. The third-order valence-electron chi connectivity index (χ3n) is 1.25. The number of aliphatic hydroxyl groups is 3. The van der Waals surface area contributed by atoms with Gasteiger partial charge in [0.05, 0.1) is 18.8 Å². The van der Waals surface area contributed by atoms with Gasteiger partial charge in [0.1, 0.15) is 0 Å². The standard InChI is InChI=1S/C7H13IO3/c8-5-7(11)6(10)3-1-2-4-9/h1-2,6-7,9-11H,3-5H2/b2-1+/t6-,7+/m0/s1. The molecule has 0 aliphatic carbocycles. The topological polar surface area (TPSA) is 60.7 Å². The van der Waals surface area contributed by atoms with Gasteiger partial charge in [0.15, 0.2) is 0 Å². The van der Waals surface area contributed by atoms with Crippen molar-refractivity contribution >= 4 is 22.6 Å². The molecule has 0 heterocycles. The molecule has 0 aliphatic heterocycles. The zero-order chi connectivity index (χ0) is 8.69. The fourth-order valence-corrected chi connectivity index (χ4v) is 1.16. The number of hydrogen-bond donors (Lipinski definition) is 3. The molecule has 0 radical (unpaired) electrons. The zero-order valence-electron chi connectivity index (χ0n) is 6.15. The second-order valence-electron chi connectivity index (χ2n) is 2.18. The van der Waals surface area contributed by atoms with Gasteiger partial charge < -0.3 is 15.3 Å². The third kappa shape index (κ3) is 5.60. The molecule has 11 heavy (non-hydrogen) atoms. The molecular weight excluding hydrogens is 259 g/mol. The van der Waals surface area contributed by atoms with Gasteiger partial charge in [-0.3, -0.25) is 0 Å². The van der Waals surface area contributed by atoms with Gasteiger partial charge in [-0.2, -0.15) is 0 Å². The second kappa shape index (κ2) is 7.02. The Morgan fingerprint density at radius 2 is 1.82 bits per heavy atom. The number of alkyl halides is 1. The van der Waals surface area contributed by atoms with Gasteiger partial charge >= 0.3 is 0 Å². The van der Waals surface area contributed by atoms with Crippen LogP contribution in [0.2, 0.25) is 0 Å². The van der Waals surface area contributed by atoms with Gasteiger partial charge in [-0.1, -0.05) is 34.7 Å². The molecule has 0 amide bonds. The summed E-state index contributed by atoms with van der Waals surface area (Å²) in [6.07, 6.45) is 2.21. The summed E-state index contributed by atoms with van der Waals surface area (Å²) in [4.78, 5) is 0. The second-order valence-corrected chi connectivity index (χ2v) is 3.06. The van der Waals surface area contributed by atoms with Crippen molar-refractivity contribution in [2.75, 3.05) is 11.0 Å². The number of aliphatic hydroxyl groups excluding tert-OH is 3. The van der Waals surface area contributed by atoms with E-state index in [0.29, 0.717) is 10.8 Å². The van der Waals surface area contributed by atoms with Gasteiger partial charge in [0, 0.05) is 4.43 Å². The summed E-state index contributed by atoms with van der Waals surface area (Å²) in [6.45, 7) is -0.0208. The van der Waals surface area contributed by atoms with Gasteiger partial charge in [0.25, 0.3) is 0 Å². The Morgan fingerprint density at radius 1 is 1.18 bits per heavy atom. The Morgan fingerprint density at radius 3 is 2.27 bits per heavy atom. The van der Waals surface area contributed by atoms with E-state index < -0.39 is 12.2 Å². The van der Waals surface area contributed by atoms with E-state index in [9.17, 15) is 0 Å². The number of hydrogen-bond acceptors (Lipinski definition) is 3. The van der Waals surface area contributed by atoms with E-state index in [1.54, 1.807) is 12.2 Å². The van der Waals surface area contributed by atoms with Crippen molar-refractivity contribution in [3.8, 4) is 0 Å². The lowest BCUT2D eigenvalue weighted by Gasteiger charge is -2.12. The summed E-state index contributed by atoms with van der Waals surface area (Å²) in [7, 11) is 0. The molecule has 0 saturated heterocycles. The first-order valence-corrected chi connectivity index (χ1v) is 4.93. The fraction of sp³-hybridized carbons (Fsp3) is 0.714. The van der Waals surface area contributed by atoms with E-state index >= 15 is 0 Å². The SMILES string of the molecule is OC/C=C/C[C@H](O)[C@H](O)CI. The molecule has 0 bridgehead atoms. The van der Waals surface area contributed by atoms with Crippen molar-refractivity contribution in [1.82, 2.24) is 0 Å². The van der Waals surface area contributed by atoms with Gasteiger partial charge in [-0.05, 0) is 6.42 Å². The Kier molecular flexibility index (Phi) is 7.25. The Labute approximate surface area is 79.9 Å². The molecule has 0 rings (SSSR count). The van der Waals surface area contributed by atoms with E-state index in [1.165, 1.54) is 0 Å². The molecule has 3 N–H and O–H groups in total. The molecular formula is C7H13IO3. The van der Waals surface area contributed by atoms with Crippen molar-refractivity contribution in [1.29, 1.82) is 0 Å².